The van der Waals surface area contributed by atoms with E-state index in [9.17, 15) is 19.3 Å². The molecule has 0 aliphatic rings. The minimum absolute atomic E-state index is 0.185. The van der Waals surface area contributed by atoms with Crippen molar-refractivity contribution < 1.29 is 14.1 Å². The predicted molar refractivity (Wildman–Crippen MR) is 42.8 cm³/mol. The van der Waals surface area contributed by atoms with E-state index in [2.05, 4.69) is 20.2 Å². The van der Waals surface area contributed by atoms with E-state index in [1.54, 1.807) is 0 Å². The number of halogens is 1. The van der Waals surface area contributed by atoms with Crippen molar-refractivity contribution in [3.63, 3.8) is 0 Å². The third-order valence-electron chi connectivity index (χ3n) is 1.52. The monoisotopic (exact) mass is 227 g/mol. The van der Waals surface area contributed by atoms with E-state index < -0.39 is 23.0 Å². The van der Waals surface area contributed by atoms with Crippen molar-refractivity contribution in [3.05, 3.63) is 28.8 Å². The first-order valence-corrected chi connectivity index (χ1v) is 3.76. The minimum Gasteiger partial charge on any atom is -0.390 e. The molecule has 2 rings (SSSR count). The molecule has 2 aromatic heterocycles. The number of nitrogens with zero attached hydrogens (tertiary/aromatic N) is 7. The Hall–Kier alpha value is -2.72. The number of hydrogen-bond acceptors (Lipinski definition) is 7. The number of carbonyl (C=O) groups excluding carboxylic acids is 1. The second kappa shape index (κ2) is 3.45. The fourth-order valence-corrected chi connectivity index (χ4v) is 0.930. The molecule has 0 fully saturated rings. The smallest absolute Gasteiger partial charge is 0.390 e. The van der Waals surface area contributed by atoms with Crippen molar-refractivity contribution in [3.8, 4) is 0 Å². The third-order valence-corrected chi connectivity index (χ3v) is 1.52. The Morgan fingerprint density at radius 1 is 1.56 bits per heavy atom. The Labute approximate surface area is 85.5 Å². The Balaban J connectivity index is 2.48. The first-order valence-electron chi connectivity index (χ1n) is 3.76. The van der Waals surface area contributed by atoms with Gasteiger partial charge in [-0.2, -0.15) is 4.68 Å². The van der Waals surface area contributed by atoms with Gasteiger partial charge < -0.3 is 10.1 Å². The molecule has 10 nitrogen and oxygen atoms in total. The van der Waals surface area contributed by atoms with Gasteiger partial charge in [0.25, 0.3) is 0 Å². The lowest BCUT2D eigenvalue weighted by Crippen LogP contribution is -2.22. The van der Waals surface area contributed by atoms with Crippen molar-refractivity contribution in [1.82, 2.24) is 29.5 Å². The standard InChI is InChI=1S/C5H2FN7O3/c6-3-9-4(13(15)16)12(10-3)5(14)11-2-7-1-8-11/h1-2H. The third kappa shape index (κ3) is 1.49. The van der Waals surface area contributed by atoms with Crippen molar-refractivity contribution in [2.75, 3.05) is 0 Å². The SMILES string of the molecule is O=C(n1cncn1)n1nc(F)nc1[N+](=O)[O-]. The van der Waals surface area contributed by atoms with Crippen LogP contribution in [0.2, 0.25) is 0 Å². The number of aromatic nitrogens is 6. The highest BCUT2D eigenvalue weighted by Crippen LogP contribution is 2.07. The average molecular weight is 227 g/mol. The van der Waals surface area contributed by atoms with Crippen molar-refractivity contribution in [2.24, 2.45) is 0 Å². The maximum Gasteiger partial charge on any atom is 0.468 e. The normalized spacial score (nSPS) is 10.3. The lowest BCUT2D eigenvalue weighted by molar-refractivity contribution is -0.396. The summed E-state index contributed by atoms with van der Waals surface area (Å²) < 4.78 is 13.4. The summed E-state index contributed by atoms with van der Waals surface area (Å²) in [5, 5.41) is 16.8. The molecule has 0 saturated heterocycles. The maximum atomic E-state index is 12.6. The van der Waals surface area contributed by atoms with Crippen LogP contribution in [0.5, 0.6) is 0 Å². The molecule has 0 aliphatic heterocycles. The summed E-state index contributed by atoms with van der Waals surface area (Å²) in [6.45, 7) is 0. The molecule has 0 bridgehead atoms. The summed E-state index contributed by atoms with van der Waals surface area (Å²) in [6, 6.07) is -1.06. The van der Waals surface area contributed by atoms with E-state index in [-0.39, 0.29) is 4.68 Å². The summed E-state index contributed by atoms with van der Waals surface area (Å²) in [4.78, 5) is 27.2. The molecule has 0 unspecified atom stereocenters. The highest BCUT2D eigenvalue weighted by atomic mass is 19.1. The van der Waals surface area contributed by atoms with Gasteiger partial charge in [-0.1, -0.05) is 0 Å². The summed E-state index contributed by atoms with van der Waals surface area (Å²) in [5.41, 5.74) is 0. The van der Waals surface area contributed by atoms with E-state index in [4.69, 9.17) is 0 Å². The van der Waals surface area contributed by atoms with Gasteiger partial charge in [0.05, 0.1) is 0 Å². The first kappa shape index (κ1) is 9.82. The number of carbonyl (C=O) groups is 1. The summed E-state index contributed by atoms with van der Waals surface area (Å²) in [5.74, 6) is -1.03. The van der Waals surface area contributed by atoms with Gasteiger partial charge in [-0.15, -0.1) is 9.49 Å². The second-order valence-electron chi connectivity index (χ2n) is 2.47. The zero-order valence-corrected chi connectivity index (χ0v) is 7.39. The van der Waals surface area contributed by atoms with Crippen molar-refractivity contribution in [1.29, 1.82) is 0 Å². The van der Waals surface area contributed by atoms with Crippen LogP contribution in [0.1, 0.15) is 0 Å². The van der Waals surface area contributed by atoms with Crippen LogP contribution in [0.3, 0.4) is 0 Å². The summed E-state index contributed by atoms with van der Waals surface area (Å²) in [6.07, 6.45) is 0.656. The Morgan fingerprint density at radius 2 is 2.31 bits per heavy atom. The van der Waals surface area contributed by atoms with Crippen LogP contribution in [0, 0.1) is 16.2 Å². The van der Waals surface area contributed by atoms with E-state index in [0.29, 0.717) is 4.68 Å². The molecule has 0 spiro atoms. The second-order valence-corrected chi connectivity index (χ2v) is 2.47. The maximum absolute atomic E-state index is 12.6. The lowest BCUT2D eigenvalue weighted by atomic mass is 10.9. The van der Waals surface area contributed by atoms with Crippen LogP contribution < -0.4 is 0 Å². The number of hydrogen-bond donors (Lipinski definition) is 0. The predicted octanol–water partition coefficient (Wildman–Crippen LogP) is -0.567. The molecule has 0 aliphatic carbocycles. The topological polar surface area (TPSA) is 122 Å². The molecule has 2 heterocycles. The van der Waals surface area contributed by atoms with E-state index in [1.165, 1.54) is 0 Å². The van der Waals surface area contributed by atoms with Gasteiger partial charge in [0.15, 0.2) is 0 Å². The molecule has 2 aromatic rings. The van der Waals surface area contributed by atoms with Gasteiger partial charge in [-0.25, -0.2) is 9.78 Å². The zero-order valence-electron chi connectivity index (χ0n) is 7.39. The highest BCUT2D eigenvalue weighted by Gasteiger charge is 2.28. The fraction of sp³-hybridized carbons (Fsp3) is 0. The number of rotatable bonds is 1. The van der Waals surface area contributed by atoms with Gasteiger partial charge in [0.2, 0.25) is 0 Å². The van der Waals surface area contributed by atoms with Crippen LogP contribution in [0.4, 0.5) is 15.1 Å². The van der Waals surface area contributed by atoms with Gasteiger partial charge in [-0.05, 0) is 19.7 Å². The molecule has 11 heteroatoms. The molecule has 0 atom stereocenters. The van der Waals surface area contributed by atoms with Gasteiger partial charge in [0.1, 0.15) is 12.7 Å². The molecule has 0 radical (unpaired) electrons. The molecule has 0 amide bonds. The Morgan fingerprint density at radius 3 is 2.88 bits per heavy atom. The molecule has 0 aromatic carbocycles. The van der Waals surface area contributed by atoms with E-state index in [0.717, 1.165) is 12.7 Å². The minimum atomic E-state index is -1.37. The van der Waals surface area contributed by atoms with Crippen LogP contribution in [0.25, 0.3) is 0 Å². The van der Waals surface area contributed by atoms with Gasteiger partial charge >= 0.3 is 18.1 Å². The van der Waals surface area contributed by atoms with Gasteiger partial charge in [0, 0.05) is 0 Å². The average Bonchev–Trinajstić information content (AvgIpc) is 2.84. The summed E-state index contributed by atoms with van der Waals surface area (Å²) >= 11 is 0. The van der Waals surface area contributed by atoms with Crippen molar-refractivity contribution in [2.45, 2.75) is 0 Å². The quantitative estimate of drug-likeness (QED) is 0.472. The molecular formula is C5H2FN7O3. The molecule has 82 valence electrons. The van der Waals surface area contributed by atoms with Crippen LogP contribution >= 0.6 is 0 Å². The van der Waals surface area contributed by atoms with Crippen LogP contribution in [-0.4, -0.2) is 40.5 Å². The van der Waals surface area contributed by atoms with Gasteiger partial charge in [-0.3, -0.25) is 0 Å². The van der Waals surface area contributed by atoms with Crippen LogP contribution in [-0.2, 0) is 0 Å². The van der Waals surface area contributed by atoms with E-state index >= 15 is 0 Å². The molecule has 0 N–H and O–H groups in total. The van der Waals surface area contributed by atoms with Crippen molar-refractivity contribution >= 4 is 12.0 Å². The summed E-state index contributed by atoms with van der Waals surface area (Å²) in [7, 11) is 0. The molecule has 16 heavy (non-hydrogen) atoms. The largest absolute Gasteiger partial charge is 0.468 e. The first-order chi connectivity index (χ1) is 7.59. The number of nitro groups is 1. The Bertz CT molecular complexity index is 546. The fourth-order valence-electron chi connectivity index (χ4n) is 0.930. The lowest BCUT2D eigenvalue weighted by Gasteiger charge is -1.95. The zero-order chi connectivity index (χ0) is 11.7. The van der Waals surface area contributed by atoms with Crippen LogP contribution in [0.15, 0.2) is 12.7 Å². The highest BCUT2D eigenvalue weighted by molar-refractivity contribution is 5.78. The molecular weight excluding hydrogens is 225 g/mol. The molecule has 0 saturated carbocycles. The Kier molecular flexibility index (Phi) is 2.12. The van der Waals surface area contributed by atoms with E-state index in [1.807, 2.05) is 0 Å².